The number of nitrogens with zero attached hydrogens (tertiary/aromatic N) is 2. The highest BCUT2D eigenvalue weighted by Crippen LogP contribution is 2.25. The molecule has 4 rings (SSSR count). The fourth-order valence-corrected chi connectivity index (χ4v) is 3.77. The third-order valence-corrected chi connectivity index (χ3v) is 5.60. The molecule has 168 valence electrons. The summed E-state index contributed by atoms with van der Waals surface area (Å²) in [7, 11) is 1.57. The SMILES string of the molecule is COc1ccc(-c2nnc(CNC(=O)c3cc(C(=O)c4c(F)cc(F)cc4F)c[nH]3)s2)cc1. The van der Waals surface area contributed by atoms with E-state index in [9.17, 15) is 22.8 Å². The van der Waals surface area contributed by atoms with E-state index >= 15 is 0 Å². The minimum Gasteiger partial charge on any atom is -0.497 e. The number of benzene rings is 2. The Morgan fingerprint density at radius 2 is 1.76 bits per heavy atom. The lowest BCUT2D eigenvalue weighted by molar-refractivity contribution is 0.0946. The fourth-order valence-electron chi connectivity index (χ4n) is 2.99. The molecule has 0 saturated heterocycles. The zero-order valence-electron chi connectivity index (χ0n) is 17.0. The van der Waals surface area contributed by atoms with Crippen molar-refractivity contribution in [1.29, 1.82) is 0 Å². The molecule has 0 saturated carbocycles. The van der Waals surface area contributed by atoms with E-state index in [1.54, 1.807) is 19.2 Å². The average molecular weight is 472 g/mol. The molecule has 33 heavy (non-hydrogen) atoms. The van der Waals surface area contributed by atoms with Gasteiger partial charge in [-0.05, 0) is 30.3 Å². The number of aromatic amines is 1. The summed E-state index contributed by atoms with van der Waals surface area (Å²) in [6.45, 7) is 0.0795. The predicted molar refractivity (Wildman–Crippen MR) is 114 cm³/mol. The molecule has 0 aliphatic rings. The van der Waals surface area contributed by atoms with Gasteiger partial charge in [0.05, 0.1) is 19.2 Å². The van der Waals surface area contributed by atoms with E-state index in [1.165, 1.54) is 11.3 Å². The van der Waals surface area contributed by atoms with E-state index in [2.05, 4.69) is 20.5 Å². The second-order valence-electron chi connectivity index (χ2n) is 6.79. The largest absolute Gasteiger partial charge is 0.497 e. The molecule has 2 aromatic carbocycles. The Kier molecular flexibility index (Phi) is 6.22. The minimum atomic E-state index is -1.33. The van der Waals surface area contributed by atoms with Crippen molar-refractivity contribution in [3.05, 3.63) is 87.9 Å². The number of H-pyrrole nitrogens is 1. The summed E-state index contributed by atoms with van der Waals surface area (Å²) in [5.74, 6) is -4.65. The molecule has 0 spiro atoms. The van der Waals surface area contributed by atoms with Crippen molar-refractivity contribution in [2.75, 3.05) is 7.11 Å². The van der Waals surface area contributed by atoms with Crippen LogP contribution in [-0.2, 0) is 6.54 Å². The maximum absolute atomic E-state index is 13.9. The van der Waals surface area contributed by atoms with Gasteiger partial charge in [-0.15, -0.1) is 10.2 Å². The molecule has 0 unspecified atom stereocenters. The van der Waals surface area contributed by atoms with E-state index in [-0.39, 0.29) is 17.8 Å². The van der Waals surface area contributed by atoms with Crippen LogP contribution in [0, 0.1) is 17.5 Å². The highest BCUT2D eigenvalue weighted by atomic mass is 32.1. The Morgan fingerprint density at radius 3 is 2.42 bits per heavy atom. The van der Waals surface area contributed by atoms with Crippen LogP contribution >= 0.6 is 11.3 Å². The average Bonchev–Trinajstić information content (AvgIpc) is 3.47. The first-order chi connectivity index (χ1) is 15.9. The number of methoxy groups -OCH3 is 1. The molecule has 0 aliphatic carbocycles. The van der Waals surface area contributed by atoms with Gasteiger partial charge in [-0.25, -0.2) is 13.2 Å². The molecular formula is C22H15F3N4O3S. The van der Waals surface area contributed by atoms with Gasteiger partial charge in [0.25, 0.3) is 5.91 Å². The summed E-state index contributed by atoms with van der Waals surface area (Å²) in [4.78, 5) is 27.4. The summed E-state index contributed by atoms with van der Waals surface area (Å²) in [5.41, 5.74) is -0.204. The van der Waals surface area contributed by atoms with Gasteiger partial charge < -0.3 is 15.0 Å². The van der Waals surface area contributed by atoms with E-state index in [4.69, 9.17) is 4.74 Å². The maximum Gasteiger partial charge on any atom is 0.268 e. The van der Waals surface area contributed by atoms with Gasteiger partial charge in [-0.2, -0.15) is 0 Å². The molecule has 0 radical (unpaired) electrons. The van der Waals surface area contributed by atoms with Crippen LogP contribution < -0.4 is 10.1 Å². The van der Waals surface area contributed by atoms with Crippen LogP contribution in [0.2, 0.25) is 0 Å². The summed E-state index contributed by atoms with van der Waals surface area (Å²) in [6.07, 6.45) is 1.15. The topological polar surface area (TPSA) is 97.0 Å². The van der Waals surface area contributed by atoms with E-state index in [0.717, 1.165) is 17.8 Å². The van der Waals surface area contributed by atoms with Crippen LogP contribution in [0.1, 0.15) is 31.4 Å². The molecule has 2 heterocycles. The van der Waals surface area contributed by atoms with E-state index in [0.29, 0.717) is 27.9 Å². The monoisotopic (exact) mass is 472 g/mol. The second kappa shape index (κ2) is 9.25. The zero-order chi connectivity index (χ0) is 23.5. The highest BCUT2D eigenvalue weighted by Gasteiger charge is 2.22. The number of ketones is 1. The smallest absolute Gasteiger partial charge is 0.268 e. The summed E-state index contributed by atoms with van der Waals surface area (Å²) in [6, 6.07) is 9.26. The number of rotatable bonds is 7. The third-order valence-electron chi connectivity index (χ3n) is 4.63. The maximum atomic E-state index is 13.9. The summed E-state index contributed by atoms with van der Waals surface area (Å²) in [5, 5.41) is 12.0. The molecule has 2 N–H and O–H groups in total. The number of nitrogens with one attached hydrogen (secondary N) is 2. The van der Waals surface area contributed by atoms with Crippen molar-refractivity contribution < 1.29 is 27.5 Å². The number of carbonyl (C=O) groups is 2. The third kappa shape index (κ3) is 4.77. The standard InChI is InChI=1S/C22H15F3N4O3S/c1-32-14-4-2-11(3-5-14)22-29-28-18(33-22)10-27-21(31)17-6-12(9-26-17)20(30)19-15(24)7-13(23)8-16(19)25/h2-9,26H,10H2,1H3,(H,27,31). The van der Waals surface area contributed by atoms with Gasteiger partial charge in [0.2, 0.25) is 0 Å². The number of amides is 1. The Morgan fingerprint density at radius 1 is 1.06 bits per heavy atom. The molecule has 0 atom stereocenters. The lowest BCUT2D eigenvalue weighted by Crippen LogP contribution is -2.23. The number of hydrogen-bond acceptors (Lipinski definition) is 6. The number of hydrogen-bond donors (Lipinski definition) is 2. The van der Waals surface area contributed by atoms with Gasteiger partial charge in [0, 0.05) is 29.5 Å². The first-order valence-electron chi connectivity index (χ1n) is 9.48. The first-order valence-corrected chi connectivity index (χ1v) is 10.3. The number of ether oxygens (including phenoxy) is 1. The van der Waals surface area contributed by atoms with E-state index in [1.807, 2.05) is 12.1 Å². The van der Waals surface area contributed by atoms with Crippen molar-refractivity contribution >= 4 is 23.0 Å². The van der Waals surface area contributed by atoms with Crippen LogP contribution in [-0.4, -0.2) is 34.0 Å². The Hall–Kier alpha value is -3.99. The lowest BCUT2D eigenvalue weighted by atomic mass is 10.0. The Balaban J connectivity index is 1.41. The van der Waals surface area contributed by atoms with Crippen molar-refractivity contribution in [3.8, 4) is 16.3 Å². The second-order valence-corrected chi connectivity index (χ2v) is 7.85. The highest BCUT2D eigenvalue weighted by molar-refractivity contribution is 7.14. The molecule has 0 aliphatic heterocycles. The van der Waals surface area contributed by atoms with Gasteiger partial charge in [-0.1, -0.05) is 11.3 Å². The number of aromatic nitrogens is 3. The van der Waals surface area contributed by atoms with Gasteiger partial charge in [0.1, 0.15) is 38.9 Å². The minimum absolute atomic E-state index is 0.00108. The molecule has 7 nitrogen and oxygen atoms in total. The van der Waals surface area contributed by atoms with Crippen LogP contribution in [0.4, 0.5) is 13.2 Å². The molecule has 0 fully saturated rings. The quantitative estimate of drug-likeness (QED) is 0.395. The van der Waals surface area contributed by atoms with Crippen LogP contribution in [0.5, 0.6) is 5.75 Å². The summed E-state index contributed by atoms with van der Waals surface area (Å²) < 4.78 is 45.9. The Labute approximate surface area is 189 Å². The molecule has 2 aromatic heterocycles. The van der Waals surface area contributed by atoms with Gasteiger partial charge in [0.15, 0.2) is 5.78 Å². The fraction of sp³-hybridized carbons (Fsp3) is 0.0909. The summed E-state index contributed by atoms with van der Waals surface area (Å²) >= 11 is 1.29. The van der Waals surface area contributed by atoms with Crippen LogP contribution in [0.15, 0.2) is 48.7 Å². The lowest BCUT2D eigenvalue weighted by Gasteiger charge is -2.03. The molecule has 0 bridgehead atoms. The van der Waals surface area contributed by atoms with Crippen LogP contribution in [0.25, 0.3) is 10.6 Å². The van der Waals surface area contributed by atoms with Gasteiger partial charge >= 0.3 is 0 Å². The zero-order valence-corrected chi connectivity index (χ0v) is 17.8. The Bertz CT molecular complexity index is 1310. The first kappa shape index (κ1) is 22.2. The van der Waals surface area contributed by atoms with Crippen LogP contribution in [0.3, 0.4) is 0 Å². The molecule has 1 amide bonds. The predicted octanol–water partition coefficient (Wildman–Crippen LogP) is 4.12. The van der Waals surface area contributed by atoms with Crippen molar-refractivity contribution in [1.82, 2.24) is 20.5 Å². The van der Waals surface area contributed by atoms with Gasteiger partial charge in [-0.3, -0.25) is 9.59 Å². The normalized spacial score (nSPS) is 10.8. The molecular weight excluding hydrogens is 457 g/mol. The molecule has 11 heteroatoms. The van der Waals surface area contributed by atoms with Crippen molar-refractivity contribution in [2.24, 2.45) is 0 Å². The van der Waals surface area contributed by atoms with Crippen molar-refractivity contribution in [3.63, 3.8) is 0 Å². The number of carbonyl (C=O) groups excluding carboxylic acids is 2. The molecule has 4 aromatic rings. The van der Waals surface area contributed by atoms with Crippen molar-refractivity contribution in [2.45, 2.75) is 6.54 Å². The van der Waals surface area contributed by atoms with E-state index < -0.39 is 34.7 Å². The number of halogens is 3.